The van der Waals surface area contributed by atoms with Crippen molar-refractivity contribution in [3.63, 3.8) is 0 Å². The number of fused-ring (bicyclic) bond motifs is 1. The molecule has 1 fully saturated rings. The topological polar surface area (TPSA) is 146 Å². The standard InChI is InChI=1S/C32H37N5O5/c1-20(2)17-27(37-30(40)25-15-14-22-11-6-7-13-24(22)35-25)31(41)36-26(18-23-12-8-16-33-29(23)39)28(38)32(42)34-19-21-9-4-3-5-10-21/h3-7,9-11,13-15,20,23,26-27H,8,12,16-19H2,1-2H3,(H,33,39)(H,34,42)(H,36,41)(H,37,40)/t23-,26-,27-/m0/s1. The predicted molar refractivity (Wildman–Crippen MR) is 158 cm³/mol. The SMILES string of the molecule is CC(C)C[C@H](NC(=O)c1ccc2ccccc2n1)C(=O)N[C@@H](C[C@@H]1CCCNC1=O)C(=O)C(=O)NCc1ccccc1. The molecule has 4 rings (SSSR count). The Balaban J connectivity index is 1.50. The molecule has 0 spiro atoms. The zero-order valence-electron chi connectivity index (χ0n) is 23.9. The number of aromatic nitrogens is 1. The Labute approximate surface area is 245 Å². The average molecular weight is 572 g/mol. The molecule has 1 saturated heterocycles. The summed E-state index contributed by atoms with van der Waals surface area (Å²) >= 11 is 0. The molecule has 0 bridgehead atoms. The third kappa shape index (κ3) is 8.22. The van der Waals surface area contributed by atoms with Crippen molar-refractivity contribution in [2.24, 2.45) is 11.8 Å². The molecule has 10 heteroatoms. The summed E-state index contributed by atoms with van der Waals surface area (Å²) in [6.45, 7) is 4.50. The number of Topliss-reactive ketones (excluding diaryl/α,β-unsaturated/α-hetero) is 1. The quantitative estimate of drug-likeness (QED) is 0.246. The number of ketones is 1. The van der Waals surface area contributed by atoms with Crippen molar-refractivity contribution in [2.75, 3.05) is 6.54 Å². The average Bonchev–Trinajstić information content (AvgIpc) is 2.99. The van der Waals surface area contributed by atoms with E-state index in [9.17, 15) is 24.0 Å². The van der Waals surface area contributed by atoms with Gasteiger partial charge in [-0.1, -0.05) is 68.4 Å². The molecule has 1 aliphatic heterocycles. The molecule has 0 saturated carbocycles. The van der Waals surface area contributed by atoms with Crippen LogP contribution in [0.15, 0.2) is 66.7 Å². The maximum absolute atomic E-state index is 13.6. The monoisotopic (exact) mass is 571 g/mol. The summed E-state index contributed by atoms with van der Waals surface area (Å²) in [6, 6.07) is 17.7. The van der Waals surface area contributed by atoms with E-state index in [1.165, 1.54) is 0 Å². The van der Waals surface area contributed by atoms with Crippen molar-refractivity contribution >= 4 is 40.3 Å². The van der Waals surface area contributed by atoms with Crippen molar-refractivity contribution in [3.05, 3.63) is 78.0 Å². The van der Waals surface area contributed by atoms with Gasteiger partial charge in [-0.15, -0.1) is 0 Å². The predicted octanol–water partition coefficient (Wildman–Crippen LogP) is 2.67. The third-order valence-corrected chi connectivity index (χ3v) is 7.23. The number of piperidine rings is 1. The second kappa shape index (κ2) is 14.3. The molecule has 0 aliphatic carbocycles. The van der Waals surface area contributed by atoms with Crippen molar-refractivity contribution < 1.29 is 24.0 Å². The van der Waals surface area contributed by atoms with Gasteiger partial charge in [-0.3, -0.25) is 24.0 Å². The molecule has 42 heavy (non-hydrogen) atoms. The van der Waals surface area contributed by atoms with Crippen LogP contribution >= 0.6 is 0 Å². The maximum atomic E-state index is 13.6. The van der Waals surface area contributed by atoms with Crippen molar-refractivity contribution in [1.29, 1.82) is 0 Å². The number of para-hydroxylation sites is 1. The van der Waals surface area contributed by atoms with Gasteiger partial charge in [0.25, 0.3) is 11.8 Å². The third-order valence-electron chi connectivity index (χ3n) is 7.23. The van der Waals surface area contributed by atoms with Gasteiger partial charge in [-0.25, -0.2) is 4.98 Å². The Hall–Kier alpha value is -4.60. The van der Waals surface area contributed by atoms with E-state index < -0.39 is 41.5 Å². The summed E-state index contributed by atoms with van der Waals surface area (Å²) < 4.78 is 0. The molecule has 3 aromatic rings. The number of hydrogen-bond acceptors (Lipinski definition) is 6. The van der Waals surface area contributed by atoms with Gasteiger partial charge in [0.15, 0.2) is 0 Å². The van der Waals surface area contributed by atoms with E-state index in [-0.39, 0.29) is 36.9 Å². The molecule has 1 aliphatic rings. The molecule has 4 amide bonds. The molecule has 220 valence electrons. The fourth-order valence-corrected chi connectivity index (χ4v) is 5.00. The van der Waals surface area contributed by atoms with Crippen LogP contribution in [0.4, 0.5) is 0 Å². The molecular formula is C32H37N5O5. The van der Waals surface area contributed by atoms with Crippen LogP contribution in [0.25, 0.3) is 10.9 Å². The van der Waals surface area contributed by atoms with Crippen LogP contribution < -0.4 is 21.3 Å². The lowest BCUT2D eigenvalue weighted by atomic mass is 9.89. The number of hydrogen-bond donors (Lipinski definition) is 4. The van der Waals surface area contributed by atoms with Crippen molar-refractivity contribution in [3.8, 4) is 0 Å². The minimum atomic E-state index is -1.24. The highest BCUT2D eigenvalue weighted by atomic mass is 16.2. The van der Waals surface area contributed by atoms with E-state index in [2.05, 4.69) is 26.3 Å². The van der Waals surface area contributed by atoms with Crippen LogP contribution in [0.2, 0.25) is 0 Å². The largest absolute Gasteiger partial charge is 0.356 e. The number of nitrogens with one attached hydrogen (secondary N) is 4. The zero-order chi connectivity index (χ0) is 30.1. The molecule has 10 nitrogen and oxygen atoms in total. The number of nitrogens with zero attached hydrogens (tertiary/aromatic N) is 1. The number of carbonyl (C=O) groups is 5. The fourth-order valence-electron chi connectivity index (χ4n) is 5.00. The smallest absolute Gasteiger partial charge is 0.289 e. The van der Waals surface area contributed by atoms with E-state index in [0.717, 1.165) is 17.4 Å². The van der Waals surface area contributed by atoms with Crippen LogP contribution in [0.5, 0.6) is 0 Å². The molecule has 0 radical (unpaired) electrons. The van der Waals surface area contributed by atoms with Crippen LogP contribution in [0.3, 0.4) is 0 Å². The van der Waals surface area contributed by atoms with Crippen LogP contribution in [0, 0.1) is 11.8 Å². The van der Waals surface area contributed by atoms with Crippen LogP contribution in [-0.4, -0.2) is 53.0 Å². The van der Waals surface area contributed by atoms with Gasteiger partial charge in [0.05, 0.1) is 11.6 Å². The molecule has 3 atom stereocenters. The first-order valence-corrected chi connectivity index (χ1v) is 14.3. The number of rotatable bonds is 12. The van der Waals surface area contributed by atoms with E-state index in [1.54, 1.807) is 18.2 Å². The fraction of sp³-hybridized carbons (Fsp3) is 0.375. The van der Waals surface area contributed by atoms with Crippen molar-refractivity contribution in [2.45, 2.75) is 58.2 Å². The lowest BCUT2D eigenvalue weighted by molar-refractivity contribution is -0.141. The number of pyridine rings is 1. The Morgan fingerprint density at radius 2 is 1.67 bits per heavy atom. The summed E-state index contributed by atoms with van der Waals surface area (Å²) in [4.78, 5) is 69.9. The van der Waals surface area contributed by atoms with E-state index >= 15 is 0 Å². The molecular weight excluding hydrogens is 534 g/mol. The second-order valence-corrected chi connectivity index (χ2v) is 11.0. The number of benzene rings is 2. The van der Waals surface area contributed by atoms with E-state index in [1.807, 2.05) is 62.4 Å². The van der Waals surface area contributed by atoms with E-state index in [0.29, 0.717) is 18.5 Å². The molecule has 1 aromatic heterocycles. The van der Waals surface area contributed by atoms with Gasteiger partial charge >= 0.3 is 0 Å². The Morgan fingerprint density at radius 3 is 2.40 bits per heavy atom. The van der Waals surface area contributed by atoms with Crippen molar-refractivity contribution in [1.82, 2.24) is 26.3 Å². The van der Waals surface area contributed by atoms with Crippen LogP contribution in [0.1, 0.15) is 55.6 Å². The lowest BCUT2D eigenvalue weighted by Crippen LogP contribution is -2.55. The highest BCUT2D eigenvalue weighted by Gasteiger charge is 2.35. The Kier molecular flexibility index (Phi) is 10.4. The molecule has 2 aromatic carbocycles. The highest BCUT2D eigenvalue weighted by molar-refractivity contribution is 6.38. The Bertz CT molecular complexity index is 1440. The summed E-state index contributed by atoms with van der Waals surface area (Å²) in [5.74, 6) is -3.56. The molecule has 4 N–H and O–H groups in total. The first-order valence-electron chi connectivity index (χ1n) is 14.3. The maximum Gasteiger partial charge on any atom is 0.289 e. The summed E-state index contributed by atoms with van der Waals surface area (Å²) in [6.07, 6.45) is 1.53. The van der Waals surface area contributed by atoms with Crippen LogP contribution in [-0.2, 0) is 25.7 Å². The Morgan fingerprint density at radius 1 is 0.929 bits per heavy atom. The van der Waals surface area contributed by atoms with Gasteiger partial charge in [-0.05, 0) is 49.3 Å². The lowest BCUT2D eigenvalue weighted by Gasteiger charge is -2.28. The first-order chi connectivity index (χ1) is 20.2. The summed E-state index contributed by atoms with van der Waals surface area (Å²) in [7, 11) is 0. The van der Waals surface area contributed by atoms with Gasteiger partial charge in [-0.2, -0.15) is 0 Å². The van der Waals surface area contributed by atoms with Gasteiger partial charge in [0.1, 0.15) is 11.7 Å². The number of carbonyl (C=O) groups excluding carboxylic acids is 5. The normalized spacial score (nSPS) is 16.3. The van der Waals surface area contributed by atoms with Gasteiger partial charge < -0.3 is 21.3 Å². The minimum Gasteiger partial charge on any atom is -0.356 e. The molecule has 0 unspecified atom stereocenters. The number of amides is 4. The minimum absolute atomic E-state index is 0.0241. The molecule has 2 heterocycles. The van der Waals surface area contributed by atoms with E-state index in [4.69, 9.17) is 0 Å². The van der Waals surface area contributed by atoms with Gasteiger partial charge in [0.2, 0.25) is 17.6 Å². The second-order valence-electron chi connectivity index (χ2n) is 11.0. The van der Waals surface area contributed by atoms with Gasteiger partial charge in [0, 0.05) is 24.4 Å². The highest BCUT2D eigenvalue weighted by Crippen LogP contribution is 2.19. The zero-order valence-corrected chi connectivity index (χ0v) is 23.9. The summed E-state index contributed by atoms with van der Waals surface area (Å²) in [5.41, 5.74) is 1.61. The first kappa shape index (κ1) is 30.4. The summed E-state index contributed by atoms with van der Waals surface area (Å²) in [5, 5.41) is 11.7.